The van der Waals surface area contributed by atoms with Crippen LogP contribution in [0.15, 0.2) is 53.1 Å². The van der Waals surface area contributed by atoms with E-state index in [0.29, 0.717) is 17.2 Å². The molecule has 0 fully saturated rings. The van der Waals surface area contributed by atoms with Crippen molar-refractivity contribution in [2.75, 3.05) is 28.4 Å². The van der Waals surface area contributed by atoms with Crippen molar-refractivity contribution in [1.82, 2.24) is 4.98 Å². The van der Waals surface area contributed by atoms with E-state index in [0.717, 1.165) is 32.6 Å². The summed E-state index contributed by atoms with van der Waals surface area (Å²) in [5, 5.41) is 0. The molecule has 140 valence electrons. The molecule has 0 saturated carbocycles. The van der Waals surface area contributed by atoms with Gasteiger partial charge in [-0.1, -0.05) is 12.1 Å². The molecular weight excluding hydrogens is 410 g/mol. The Labute approximate surface area is 167 Å². The van der Waals surface area contributed by atoms with Gasteiger partial charge in [0, 0.05) is 17.3 Å². The van der Waals surface area contributed by atoms with Gasteiger partial charge in [0.25, 0.3) is 0 Å². The number of methoxy groups -OCH3 is 4. The first-order valence-electron chi connectivity index (χ1n) is 8.22. The number of pyridine rings is 1. The lowest BCUT2D eigenvalue weighted by Crippen LogP contribution is -1.97. The maximum Gasteiger partial charge on any atom is 0.203 e. The minimum Gasteiger partial charge on any atom is -0.496 e. The molecule has 27 heavy (non-hydrogen) atoms. The van der Waals surface area contributed by atoms with Crippen LogP contribution in [0.1, 0.15) is 0 Å². The molecule has 1 aromatic heterocycles. The first-order chi connectivity index (χ1) is 13.1. The Morgan fingerprint density at radius 3 is 1.96 bits per heavy atom. The van der Waals surface area contributed by atoms with Crippen LogP contribution in [0, 0.1) is 0 Å². The monoisotopic (exact) mass is 429 g/mol. The second kappa shape index (κ2) is 8.31. The highest BCUT2D eigenvalue weighted by Crippen LogP contribution is 2.43. The number of rotatable bonds is 6. The Balaban J connectivity index is 2.18. The fraction of sp³-hybridized carbons (Fsp3) is 0.190. The topological polar surface area (TPSA) is 49.8 Å². The summed E-state index contributed by atoms with van der Waals surface area (Å²) in [5.74, 6) is 2.49. The van der Waals surface area contributed by atoms with Gasteiger partial charge >= 0.3 is 0 Å². The van der Waals surface area contributed by atoms with Crippen molar-refractivity contribution in [1.29, 1.82) is 0 Å². The van der Waals surface area contributed by atoms with Crippen LogP contribution in [-0.2, 0) is 0 Å². The van der Waals surface area contributed by atoms with Crippen LogP contribution in [0.5, 0.6) is 23.0 Å². The van der Waals surface area contributed by atoms with E-state index in [4.69, 9.17) is 18.9 Å². The normalized spacial score (nSPS) is 10.4. The van der Waals surface area contributed by atoms with Crippen molar-refractivity contribution in [3.63, 3.8) is 0 Å². The van der Waals surface area contributed by atoms with Crippen molar-refractivity contribution in [3.05, 3.63) is 53.1 Å². The van der Waals surface area contributed by atoms with Crippen molar-refractivity contribution in [2.24, 2.45) is 0 Å². The number of nitrogens with zero attached hydrogens (tertiary/aromatic N) is 1. The van der Waals surface area contributed by atoms with E-state index >= 15 is 0 Å². The average molecular weight is 430 g/mol. The van der Waals surface area contributed by atoms with Crippen molar-refractivity contribution >= 4 is 15.9 Å². The Morgan fingerprint density at radius 1 is 0.741 bits per heavy atom. The van der Waals surface area contributed by atoms with Crippen LogP contribution in [0.25, 0.3) is 22.4 Å². The van der Waals surface area contributed by atoms with Crippen LogP contribution in [-0.4, -0.2) is 33.4 Å². The molecule has 0 bridgehead atoms. The summed E-state index contributed by atoms with van der Waals surface area (Å²) >= 11 is 3.55. The van der Waals surface area contributed by atoms with Crippen molar-refractivity contribution < 1.29 is 18.9 Å². The zero-order valence-electron chi connectivity index (χ0n) is 15.6. The number of aromatic nitrogens is 1. The SMILES string of the molecule is COc1ccc(-c2cccnc2-c2cc(OC)c(OC)c(OC)c2)cc1Br. The summed E-state index contributed by atoms with van der Waals surface area (Å²) in [6, 6.07) is 13.7. The predicted molar refractivity (Wildman–Crippen MR) is 109 cm³/mol. The quantitative estimate of drug-likeness (QED) is 0.537. The van der Waals surface area contributed by atoms with Gasteiger partial charge in [0.2, 0.25) is 5.75 Å². The highest BCUT2D eigenvalue weighted by molar-refractivity contribution is 9.10. The first kappa shape index (κ1) is 19.0. The zero-order valence-corrected chi connectivity index (χ0v) is 17.2. The molecular formula is C21H20BrNO4. The van der Waals surface area contributed by atoms with Gasteiger partial charge in [-0.05, 0) is 51.8 Å². The summed E-state index contributed by atoms with van der Waals surface area (Å²) in [7, 11) is 6.42. The minimum absolute atomic E-state index is 0.549. The van der Waals surface area contributed by atoms with Crippen molar-refractivity contribution in [2.45, 2.75) is 0 Å². The third kappa shape index (κ3) is 3.71. The van der Waals surface area contributed by atoms with E-state index < -0.39 is 0 Å². The van der Waals surface area contributed by atoms with E-state index in [1.165, 1.54) is 0 Å². The zero-order chi connectivity index (χ0) is 19.4. The Bertz CT molecular complexity index is 934. The number of hydrogen-bond acceptors (Lipinski definition) is 5. The summed E-state index contributed by atoms with van der Waals surface area (Å²) in [6.07, 6.45) is 1.76. The van der Waals surface area contributed by atoms with Gasteiger partial charge in [-0.3, -0.25) is 4.98 Å². The second-order valence-electron chi connectivity index (χ2n) is 5.66. The molecule has 0 aliphatic rings. The minimum atomic E-state index is 0.549. The van der Waals surface area contributed by atoms with Gasteiger partial charge in [0.1, 0.15) is 5.75 Å². The Hall–Kier alpha value is -2.73. The molecule has 0 N–H and O–H groups in total. The van der Waals surface area contributed by atoms with Crippen LogP contribution < -0.4 is 18.9 Å². The molecule has 0 amide bonds. The maximum absolute atomic E-state index is 5.48. The average Bonchev–Trinajstić information content (AvgIpc) is 2.72. The lowest BCUT2D eigenvalue weighted by atomic mass is 9.98. The Kier molecular flexibility index (Phi) is 5.86. The van der Waals surface area contributed by atoms with Gasteiger partial charge in [0.05, 0.1) is 38.6 Å². The molecule has 6 heteroatoms. The van der Waals surface area contributed by atoms with E-state index in [-0.39, 0.29) is 0 Å². The lowest BCUT2D eigenvalue weighted by Gasteiger charge is -2.16. The van der Waals surface area contributed by atoms with Crippen LogP contribution >= 0.6 is 15.9 Å². The van der Waals surface area contributed by atoms with E-state index in [2.05, 4.69) is 20.9 Å². The van der Waals surface area contributed by atoms with Gasteiger partial charge in [-0.25, -0.2) is 0 Å². The van der Waals surface area contributed by atoms with Gasteiger partial charge in [-0.2, -0.15) is 0 Å². The molecule has 0 aliphatic heterocycles. The predicted octanol–water partition coefficient (Wildman–Crippen LogP) is 5.21. The molecule has 0 unspecified atom stereocenters. The molecule has 0 spiro atoms. The van der Waals surface area contributed by atoms with E-state index in [9.17, 15) is 0 Å². The van der Waals surface area contributed by atoms with Crippen molar-refractivity contribution in [3.8, 4) is 45.4 Å². The summed E-state index contributed by atoms with van der Waals surface area (Å²) in [5.41, 5.74) is 3.68. The number of ether oxygens (including phenoxy) is 4. The molecule has 5 nitrogen and oxygen atoms in total. The second-order valence-corrected chi connectivity index (χ2v) is 6.52. The van der Waals surface area contributed by atoms with Crippen LogP contribution in [0.3, 0.4) is 0 Å². The van der Waals surface area contributed by atoms with E-state index in [1.807, 2.05) is 42.5 Å². The van der Waals surface area contributed by atoms with Crippen LogP contribution in [0.4, 0.5) is 0 Å². The molecule has 2 aromatic carbocycles. The van der Waals surface area contributed by atoms with Gasteiger partial charge in [-0.15, -0.1) is 0 Å². The largest absolute Gasteiger partial charge is 0.496 e. The molecule has 0 saturated heterocycles. The maximum atomic E-state index is 5.48. The molecule has 1 heterocycles. The molecule has 0 radical (unpaired) electrons. The molecule has 3 aromatic rings. The lowest BCUT2D eigenvalue weighted by molar-refractivity contribution is 0.324. The highest BCUT2D eigenvalue weighted by Gasteiger charge is 2.17. The van der Waals surface area contributed by atoms with Crippen LogP contribution in [0.2, 0.25) is 0 Å². The fourth-order valence-electron chi connectivity index (χ4n) is 2.92. The first-order valence-corrected chi connectivity index (χ1v) is 9.01. The molecule has 0 aliphatic carbocycles. The smallest absolute Gasteiger partial charge is 0.203 e. The fourth-order valence-corrected chi connectivity index (χ4v) is 3.46. The number of benzene rings is 2. The molecule has 3 rings (SSSR count). The third-order valence-corrected chi connectivity index (χ3v) is 4.83. The van der Waals surface area contributed by atoms with Gasteiger partial charge in [0.15, 0.2) is 11.5 Å². The highest BCUT2D eigenvalue weighted by atomic mass is 79.9. The number of halogens is 1. The van der Waals surface area contributed by atoms with Gasteiger partial charge < -0.3 is 18.9 Å². The standard InChI is InChI=1S/C21H20BrNO4/c1-24-17-8-7-13(10-16(17)22)15-6-5-9-23-20(15)14-11-18(25-2)21(27-4)19(12-14)26-3/h5-12H,1-4H3. The third-order valence-electron chi connectivity index (χ3n) is 4.21. The summed E-state index contributed by atoms with van der Waals surface area (Å²) < 4.78 is 22.6. The van der Waals surface area contributed by atoms with E-state index in [1.54, 1.807) is 34.6 Å². The summed E-state index contributed by atoms with van der Waals surface area (Å²) in [6.45, 7) is 0. The summed E-state index contributed by atoms with van der Waals surface area (Å²) in [4.78, 5) is 4.61. The number of hydrogen-bond donors (Lipinski definition) is 0. The molecule has 0 atom stereocenters. The Morgan fingerprint density at radius 2 is 1.41 bits per heavy atom.